The van der Waals surface area contributed by atoms with E-state index < -0.39 is 6.10 Å². The summed E-state index contributed by atoms with van der Waals surface area (Å²) < 4.78 is 16.9. The molecule has 0 spiro atoms. The van der Waals surface area contributed by atoms with Gasteiger partial charge in [-0.25, -0.2) is 0 Å². The summed E-state index contributed by atoms with van der Waals surface area (Å²) in [6, 6.07) is 0. The monoisotopic (exact) mass is 1030 g/mol. The standard InChI is InChI=1S/C68H118O6/c1-4-7-10-13-16-19-22-25-28-31-32-33-34-35-36-38-40-43-46-49-52-55-58-61-67(70)73-64-65(63-72-66(69)60-57-54-51-48-45-42-39-30-27-24-21-18-15-12-9-6-3)74-68(71)62-59-56-53-50-47-44-41-37-29-26-23-20-17-14-11-8-5-2/h7,10,16,19,25-26,28-30,32-33,35-36,39,65H,4-6,8-9,11-15,17-18,20-24,27,31,34,37-38,40-64H2,1-3H3/b10-7-,19-16-,28-25-,29-26-,33-32-,36-35-,39-30-. The molecule has 74 heavy (non-hydrogen) atoms. The van der Waals surface area contributed by atoms with Gasteiger partial charge < -0.3 is 14.2 Å². The van der Waals surface area contributed by atoms with Crippen LogP contribution in [0.4, 0.5) is 0 Å². The molecule has 0 aliphatic heterocycles. The van der Waals surface area contributed by atoms with Gasteiger partial charge in [-0.1, -0.05) is 260 Å². The van der Waals surface area contributed by atoms with Crippen LogP contribution in [0.5, 0.6) is 0 Å². The average molecular weight is 1030 g/mol. The zero-order valence-electron chi connectivity index (χ0n) is 48.8. The van der Waals surface area contributed by atoms with Crippen molar-refractivity contribution in [3.05, 3.63) is 85.1 Å². The first-order valence-corrected chi connectivity index (χ1v) is 31.6. The zero-order valence-corrected chi connectivity index (χ0v) is 48.8. The van der Waals surface area contributed by atoms with Gasteiger partial charge in [0, 0.05) is 19.3 Å². The van der Waals surface area contributed by atoms with Crippen LogP contribution >= 0.6 is 0 Å². The summed E-state index contributed by atoms with van der Waals surface area (Å²) >= 11 is 0. The first-order chi connectivity index (χ1) is 36.5. The van der Waals surface area contributed by atoms with Crippen LogP contribution in [0.25, 0.3) is 0 Å². The van der Waals surface area contributed by atoms with Crippen molar-refractivity contribution in [3.8, 4) is 0 Å². The fourth-order valence-electron chi connectivity index (χ4n) is 8.87. The Bertz CT molecular complexity index is 1420. The van der Waals surface area contributed by atoms with E-state index in [0.717, 1.165) is 103 Å². The van der Waals surface area contributed by atoms with Crippen molar-refractivity contribution in [2.24, 2.45) is 0 Å². The molecule has 0 aromatic rings. The van der Waals surface area contributed by atoms with Crippen LogP contribution in [-0.2, 0) is 28.6 Å². The number of ether oxygens (including phenoxy) is 3. The van der Waals surface area contributed by atoms with Crippen LogP contribution in [-0.4, -0.2) is 37.2 Å². The Morgan fingerprint density at radius 3 is 0.838 bits per heavy atom. The molecule has 1 atom stereocenters. The molecule has 0 heterocycles. The molecule has 426 valence electrons. The van der Waals surface area contributed by atoms with Gasteiger partial charge in [-0.2, -0.15) is 0 Å². The molecule has 0 aliphatic rings. The number of esters is 3. The number of rotatable bonds is 57. The molecule has 0 radical (unpaired) electrons. The first kappa shape index (κ1) is 70.6. The summed E-state index contributed by atoms with van der Waals surface area (Å²) in [5.41, 5.74) is 0. The van der Waals surface area contributed by atoms with Crippen molar-refractivity contribution in [1.82, 2.24) is 0 Å². The van der Waals surface area contributed by atoms with E-state index in [0.29, 0.717) is 19.3 Å². The lowest BCUT2D eigenvalue weighted by Crippen LogP contribution is -2.30. The lowest BCUT2D eigenvalue weighted by Gasteiger charge is -2.18. The normalized spacial score (nSPS) is 12.6. The fraction of sp³-hybridized carbons (Fsp3) is 0.750. The van der Waals surface area contributed by atoms with E-state index in [4.69, 9.17) is 14.2 Å². The lowest BCUT2D eigenvalue weighted by atomic mass is 10.1. The Morgan fingerprint density at radius 1 is 0.284 bits per heavy atom. The van der Waals surface area contributed by atoms with Gasteiger partial charge in [0.2, 0.25) is 0 Å². The van der Waals surface area contributed by atoms with Crippen molar-refractivity contribution in [1.29, 1.82) is 0 Å². The SMILES string of the molecule is CC/C=C\C/C=C\C/C=C\C/C=C\C/C=C\CCCCCCCCCC(=O)OCC(COC(=O)CCCCCCC/C=C\CCCCCCCCC)OC(=O)CCCCCCCCC/C=C\CCCCCCCC. The highest BCUT2D eigenvalue weighted by atomic mass is 16.6. The van der Waals surface area contributed by atoms with Gasteiger partial charge in [0.25, 0.3) is 0 Å². The summed E-state index contributed by atoms with van der Waals surface area (Å²) in [5, 5.41) is 0. The molecule has 1 unspecified atom stereocenters. The molecule has 6 heteroatoms. The molecule has 0 fully saturated rings. The maximum atomic E-state index is 12.9. The van der Waals surface area contributed by atoms with Crippen LogP contribution in [0.3, 0.4) is 0 Å². The molecule has 0 rings (SSSR count). The number of allylic oxidation sites excluding steroid dienone is 14. The van der Waals surface area contributed by atoms with E-state index in [1.807, 2.05) is 0 Å². The molecule has 0 N–H and O–H groups in total. The second-order valence-electron chi connectivity index (χ2n) is 20.9. The quantitative estimate of drug-likeness (QED) is 0.0261. The molecule has 0 saturated carbocycles. The summed E-state index contributed by atoms with van der Waals surface area (Å²) in [6.07, 6.45) is 81.5. The summed E-state index contributed by atoms with van der Waals surface area (Å²) in [5.74, 6) is -0.897. The van der Waals surface area contributed by atoms with Crippen LogP contribution < -0.4 is 0 Å². The topological polar surface area (TPSA) is 78.9 Å². The lowest BCUT2D eigenvalue weighted by molar-refractivity contribution is -0.167. The predicted molar refractivity (Wildman–Crippen MR) is 321 cm³/mol. The average Bonchev–Trinajstić information content (AvgIpc) is 3.40. The summed E-state index contributed by atoms with van der Waals surface area (Å²) in [7, 11) is 0. The van der Waals surface area contributed by atoms with Crippen LogP contribution in [0.1, 0.15) is 310 Å². The Morgan fingerprint density at radius 2 is 0.527 bits per heavy atom. The maximum absolute atomic E-state index is 12.9. The van der Waals surface area contributed by atoms with Gasteiger partial charge in [-0.15, -0.1) is 0 Å². The Labute approximate surface area is 458 Å². The van der Waals surface area contributed by atoms with Crippen LogP contribution in [0.15, 0.2) is 85.1 Å². The van der Waals surface area contributed by atoms with E-state index in [9.17, 15) is 14.4 Å². The van der Waals surface area contributed by atoms with E-state index in [-0.39, 0.29) is 31.1 Å². The fourth-order valence-corrected chi connectivity index (χ4v) is 8.87. The second kappa shape index (κ2) is 62.1. The number of carbonyl (C=O) groups excluding carboxylic acids is 3. The molecular weight excluding hydrogens is 913 g/mol. The Hall–Kier alpha value is -3.41. The molecule has 0 saturated heterocycles. The first-order valence-electron chi connectivity index (χ1n) is 31.6. The molecule has 0 aliphatic carbocycles. The number of carbonyl (C=O) groups is 3. The van der Waals surface area contributed by atoms with Crippen molar-refractivity contribution in [3.63, 3.8) is 0 Å². The smallest absolute Gasteiger partial charge is 0.306 e. The molecule has 0 aromatic carbocycles. The van der Waals surface area contributed by atoms with Crippen LogP contribution in [0.2, 0.25) is 0 Å². The van der Waals surface area contributed by atoms with Crippen LogP contribution in [0, 0.1) is 0 Å². The molecular formula is C68H118O6. The second-order valence-corrected chi connectivity index (χ2v) is 20.9. The summed E-state index contributed by atoms with van der Waals surface area (Å²) in [6.45, 7) is 6.53. The third-order valence-electron chi connectivity index (χ3n) is 13.6. The number of hydrogen-bond acceptors (Lipinski definition) is 6. The Balaban J connectivity index is 4.40. The van der Waals surface area contributed by atoms with Gasteiger partial charge in [-0.05, 0) is 116 Å². The Kier molecular flexibility index (Phi) is 59.3. The van der Waals surface area contributed by atoms with Gasteiger partial charge in [-0.3, -0.25) is 14.4 Å². The van der Waals surface area contributed by atoms with E-state index in [1.54, 1.807) is 0 Å². The van der Waals surface area contributed by atoms with Gasteiger partial charge in [0.05, 0.1) is 0 Å². The van der Waals surface area contributed by atoms with E-state index >= 15 is 0 Å². The maximum Gasteiger partial charge on any atom is 0.306 e. The zero-order chi connectivity index (χ0) is 53.6. The molecule has 6 nitrogen and oxygen atoms in total. The van der Waals surface area contributed by atoms with Crippen molar-refractivity contribution in [2.45, 2.75) is 316 Å². The highest BCUT2D eigenvalue weighted by Crippen LogP contribution is 2.16. The molecule has 0 amide bonds. The minimum Gasteiger partial charge on any atom is -0.462 e. The highest BCUT2D eigenvalue weighted by Gasteiger charge is 2.19. The van der Waals surface area contributed by atoms with Gasteiger partial charge >= 0.3 is 17.9 Å². The number of unbranched alkanes of at least 4 members (excludes halogenated alkanes) is 32. The molecule has 0 aromatic heterocycles. The van der Waals surface area contributed by atoms with Crippen molar-refractivity contribution in [2.75, 3.05) is 13.2 Å². The third kappa shape index (κ3) is 59.5. The van der Waals surface area contributed by atoms with E-state index in [1.165, 1.54) is 167 Å². The van der Waals surface area contributed by atoms with Crippen molar-refractivity contribution < 1.29 is 28.6 Å². The van der Waals surface area contributed by atoms with E-state index in [2.05, 4.69) is 106 Å². The highest BCUT2D eigenvalue weighted by molar-refractivity contribution is 5.71. The number of hydrogen-bond donors (Lipinski definition) is 0. The minimum atomic E-state index is -0.788. The minimum absolute atomic E-state index is 0.0850. The predicted octanol–water partition coefficient (Wildman–Crippen LogP) is 21.5. The van der Waals surface area contributed by atoms with Gasteiger partial charge in [0.1, 0.15) is 13.2 Å². The third-order valence-corrected chi connectivity index (χ3v) is 13.6. The molecule has 0 bridgehead atoms. The van der Waals surface area contributed by atoms with Gasteiger partial charge in [0.15, 0.2) is 6.10 Å². The summed E-state index contributed by atoms with van der Waals surface area (Å²) in [4.78, 5) is 38.3. The largest absolute Gasteiger partial charge is 0.462 e. The van der Waals surface area contributed by atoms with Crippen molar-refractivity contribution >= 4 is 17.9 Å².